The highest BCUT2D eigenvalue weighted by Gasteiger charge is 2.12. The Labute approximate surface area is 68.0 Å². The number of hydrogen-bond donors (Lipinski definition) is 2. The summed E-state index contributed by atoms with van der Waals surface area (Å²) in [5, 5.41) is 10.8. The van der Waals surface area contributed by atoms with Crippen molar-refractivity contribution in [2.45, 2.75) is 0 Å². The zero-order valence-corrected chi connectivity index (χ0v) is 6.33. The Morgan fingerprint density at radius 1 is 1.58 bits per heavy atom. The molecule has 1 rings (SSSR count). The van der Waals surface area contributed by atoms with Crippen LogP contribution in [0.1, 0.15) is 20.9 Å². The molecule has 1 heterocycles. The van der Waals surface area contributed by atoms with Gasteiger partial charge in [0.25, 0.3) is 5.91 Å². The maximum absolute atomic E-state index is 10.9. The molecule has 0 spiro atoms. The second-order valence-corrected chi connectivity index (χ2v) is 2.08. The maximum Gasteiger partial charge on any atom is 0.338 e. The van der Waals surface area contributed by atoms with Crippen LogP contribution in [0.15, 0.2) is 16.7 Å². The summed E-state index contributed by atoms with van der Waals surface area (Å²) < 4.78 is 4.69. The van der Waals surface area contributed by atoms with Gasteiger partial charge in [0.2, 0.25) is 0 Å². The standard InChI is InChI=1S/C7H7NO4/c1-8-6(9)5-2-4(3-12-5)7(10)11/h2-3H,1H3,(H,8,9)(H,10,11). The van der Waals surface area contributed by atoms with Crippen LogP contribution in [0.2, 0.25) is 0 Å². The molecule has 0 radical (unpaired) electrons. The predicted octanol–water partition coefficient (Wildman–Crippen LogP) is 0.337. The minimum Gasteiger partial charge on any atom is -0.478 e. The van der Waals surface area contributed by atoms with Gasteiger partial charge in [0.15, 0.2) is 5.76 Å². The summed E-state index contributed by atoms with van der Waals surface area (Å²) in [4.78, 5) is 21.2. The Hall–Kier alpha value is -1.78. The van der Waals surface area contributed by atoms with Crippen molar-refractivity contribution in [2.24, 2.45) is 0 Å². The summed E-state index contributed by atoms with van der Waals surface area (Å²) in [6, 6.07) is 1.17. The number of carbonyl (C=O) groups excluding carboxylic acids is 1. The molecule has 1 aromatic rings. The molecule has 5 heteroatoms. The molecule has 0 atom stereocenters. The minimum atomic E-state index is -1.12. The molecule has 12 heavy (non-hydrogen) atoms. The fourth-order valence-corrected chi connectivity index (χ4v) is 0.691. The van der Waals surface area contributed by atoms with Gasteiger partial charge in [0, 0.05) is 13.1 Å². The van der Waals surface area contributed by atoms with Gasteiger partial charge in [-0.15, -0.1) is 0 Å². The number of carboxylic acid groups (broad SMARTS) is 1. The van der Waals surface area contributed by atoms with Crippen molar-refractivity contribution in [2.75, 3.05) is 7.05 Å². The van der Waals surface area contributed by atoms with Gasteiger partial charge in [0.05, 0.1) is 5.56 Å². The van der Waals surface area contributed by atoms with Crippen molar-refractivity contribution < 1.29 is 19.1 Å². The van der Waals surface area contributed by atoms with Crippen LogP contribution < -0.4 is 5.32 Å². The largest absolute Gasteiger partial charge is 0.478 e. The number of aromatic carboxylic acids is 1. The monoisotopic (exact) mass is 169 g/mol. The molecule has 0 aliphatic heterocycles. The van der Waals surface area contributed by atoms with Crippen molar-refractivity contribution in [1.29, 1.82) is 0 Å². The molecule has 1 amide bonds. The highest BCUT2D eigenvalue weighted by Crippen LogP contribution is 2.06. The van der Waals surface area contributed by atoms with E-state index in [1.54, 1.807) is 0 Å². The molecule has 5 nitrogen and oxygen atoms in total. The highest BCUT2D eigenvalue weighted by molar-refractivity contribution is 5.95. The van der Waals surface area contributed by atoms with Gasteiger partial charge < -0.3 is 14.8 Å². The van der Waals surface area contributed by atoms with Crippen molar-refractivity contribution in [1.82, 2.24) is 5.32 Å². The molecule has 0 aliphatic carbocycles. The van der Waals surface area contributed by atoms with Crippen molar-refractivity contribution in [3.05, 3.63) is 23.7 Å². The van der Waals surface area contributed by atoms with Crippen LogP contribution in [0.5, 0.6) is 0 Å². The van der Waals surface area contributed by atoms with E-state index in [0.717, 1.165) is 6.26 Å². The Bertz CT molecular complexity index is 315. The number of rotatable bonds is 2. The lowest BCUT2D eigenvalue weighted by molar-refractivity contribution is 0.0696. The van der Waals surface area contributed by atoms with Crippen LogP contribution in [0.3, 0.4) is 0 Å². The summed E-state index contributed by atoms with van der Waals surface area (Å²) in [5.41, 5.74) is -0.0337. The highest BCUT2D eigenvalue weighted by atomic mass is 16.4. The molecule has 0 aromatic carbocycles. The van der Waals surface area contributed by atoms with E-state index in [-0.39, 0.29) is 11.3 Å². The van der Waals surface area contributed by atoms with Crippen LogP contribution >= 0.6 is 0 Å². The van der Waals surface area contributed by atoms with E-state index < -0.39 is 11.9 Å². The second kappa shape index (κ2) is 3.08. The number of furan rings is 1. The number of carbonyl (C=O) groups is 2. The third-order valence-corrected chi connectivity index (χ3v) is 1.30. The molecule has 0 saturated carbocycles. The van der Waals surface area contributed by atoms with Crippen molar-refractivity contribution in [3.63, 3.8) is 0 Å². The first-order chi connectivity index (χ1) is 5.65. The summed E-state index contributed by atoms with van der Waals surface area (Å²) in [5.74, 6) is -1.56. The Morgan fingerprint density at radius 3 is 2.67 bits per heavy atom. The van der Waals surface area contributed by atoms with Crippen molar-refractivity contribution >= 4 is 11.9 Å². The van der Waals surface area contributed by atoms with E-state index in [0.29, 0.717) is 0 Å². The first-order valence-corrected chi connectivity index (χ1v) is 3.19. The quantitative estimate of drug-likeness (QED) is 0.668. The third kappa shape index (κ3) is 1.45. The van der Waals surface area contributed by atoms with E-state index in [1.807, 2.05) is 0 Å². The van der Waals surface area contributed by atoms with Gasteiger partial charge in [-0.05, 0) is 0 Å². The smallest absolute Gasteiger partial charge is 0.338 e. The Morgan fingerprint density at radius 2 is 2.25 bits per heavy atom. The molecule has 1 aromatic heterocycles. The van der Waals surface area contributed by atoms with Crippen LogP contribution in [-0.2, 0) is 0 Å². The average Bonchev–Trinajstić information content (AvgIpc) is 2.51. The molecule has 0 unspecified atom stereocenters. The van der Waals surface area contributed by atoms with Crippen LogP contribution in [0, 0.1) is 0 Å². The van der Waals surface area contributed by atoms with E-state index in [4.69, 9.17) is 5.11 Å². The van der Waals surface area contributed by atoms with Gasteiger partial charge >= 0.3 is 5.97 Å². The lowest BCUT2D eigenvalue weighted by atomic mass is 10.3. The molecule has 64 valence electrons. The predicted molar refractivity (Wildman–Crippen MR) is 39.1 cm³/mol. The normalized spacial score (nSPS) is 9.42. The summed E-state index contributed by atoms with van der Waals surface area (Å²) in [6.45, 7) is 0. The summed E-state index contributed by atoms with van der Waals surface area (Å²) in [7, 11) is 1.44. The van der Waals surface area contributed by atoms with Crippen LogP contribution in [0.4, 0.5) is 0 Å². The van der Waals surface area contributed by atoms with Crippen LogP contribution in [-0.4, -0.2) is 24.0 Å². The third-order valence-electron chi connectivity index (χ3n) is 1.30. The van der Waals surface area contributed by atoms with E-state index >= 15 is 0 Å². The maximum atomic E-state index is 10.9. The first kappa shape index (κ1) is 8.32. The van der Waals surface area contributed by atoms with Gasteiger partial charge in [-0.2, -0.15) is 0 Å². The number of hydrogen-bond acceptors (Lipinski definition) is 3. The number of carboxylic acids is 1. The fourth-order valence-electron chi connectivity index (χ4n) is 0.691. The summed E-state index contributed by atoms with van der Waals surface area (Å²) >= 11 is 0. The van der Waals surface area contributed by atoms with E-state index in [9.17, 15) is 9.59 Å². The second-order valence-electron chi connectivity index (χ2n) is 2.08. The molecule has 0 fully saturated rings. The van der Waals surface area contributed by atoms with Gasteiger partial charge in [-0.25, -0.2) is 4.79 Å². The molecule has 0 bridgehead atoms. The molecular weight excluding hydrogens is 162 g/mol. The lowest BCUT2D eigenvalue weighted by Crippen LogP contribution is -2.16. The lowest BCUT2D eigenvalue weighted by Gasteiger charge is -1.90. The van der Waals surface area contributed by atoms with Crippen LogP contribution in [0.25, 0.3) is 0 Å². The molecular formula is C7H7NO4. The molecule has 0 aliphatic rings. The number of nitrogens with one attached hydrogen (secondary N) is 1. The number of amides is 1. The van der Waals surface area contributed by atoms with Gasteiger partial charge in [-0.1, -0.05) is 0 Å². The van der Waals surface area contributed by atoms with Crippen molar-refractivity contribution in [3.8, 4) is 0 Å². The van der Waals surface area contributed by atoms with E-state index in [1.165, 1.54) is 13.1 Å². The average molecular weight is 169 g/mol. The fraction of sp³-hybridized carbons (Fsp3) is 0.143. The summed E-state index contributed by atoms with van der Waals surface area (Å²) in [6.07, 6.45) is 1.02. The first-order valence-electron chi connectivity index (χ1n) is 3.19. The van der Waals surface area contributed by atoms with E-state index in [2.05, 4.69) is 9.73 Å². The minimum absolute atomic E-state index is 0.00472. The molecule has 2 N–H and O–H groups in total. The SMILES string of the molecule is CNC(=O)c1cc(C(=O)O)co1. The molecule has 0 saturated heterocycles. The van der Waals surface area contributed by atoms with Gasteiger partial charge in [0.1, 0.15) is 6.26 Å². The Kier molecular flexibility index (Phi) is 2.14. The topological polar surface area (TPSA) is 79.5 Å². The zero-order chi connectivity index (χ0) is 9.14. The van der Waals surface area contributed by atoms with Gasteiger partial charge in [-0.3, -0.25) is 4.79 Å². The Balaban J connectivity index is 2.91. The zero-order valence-electron chi connectivity index (χ0n) is 6.33.